The van der Waals surface area contributed by atoms with Crippen molar-refractivity contribution in [3.8, 4) is 0 Å². The number of hydrogen-bond acceptors (Lipinski definition) is 2. The van der Waals surface area contributed by atoms with Crippen molar-refractivity contribution < 1.29 is 14.0 Å². The molecule has 1 saturated carbocycles. The van der Waals surface area contributed by atoms with Crippen LogP contribution in [0.1, 0.15) is 12.8 Å². The predicted octanol–water partition coefficient (Wildman–Crippen LogP) is -0.211. The van der Waals surface area contributed by atoms with Crippen molar-refractivity contribution in [3.63, 3.8) is 0 Å². The lowest BCUT2D eigenvalue weighted by Crippen LogP contribution is -2.46. The van der Waals surface area contributed by atoms with E-state index in [2.05, 4.69) is 10.3 Å². The predicted molar refractivity (Wildman–Crippen MR) is 38.2 cm³/mol. The third kappa shape index (κ3) is 1.11. The lowest BCUT2D eigenvalue weighted by Gasteiger charge is -2.13. The molecule has 1 heterocycles. The number of alkyl halides is 1. The van der Waals surface area contributed by atoms with Crippen LogP contribution in [-0.4, -0.2) is 23.8 Å². The van der Waals surface area contributed by atoms with Crippen LogP contribution in [0.15, 0.2) is 4.99 Å². The van der Waals surface area contributed by atoms with Gasteiger partial charge in [-0.15, -0.1) is 0 Å². The summed E-state index contributed by atoms with van der Waals surface area (Å²) in [4.78, 5) is 24.9. The van der Waals surface area contributed by atoms with Gasteiger partial charge in [0.05, 0.1) is 0 Å². The van der Waals surface area contributed by atoms with E-state index < -0.39 is 18.0 Å². The van der Waals surface area contributed by atoms with E-state index in [1.165, 1.54) is 0 Å². The highest BCUT2D eigenvalue weighted by molar-refractivity contribution is 6.18. The van der Waals surface area contributed by atoms with Crippen molar-refractivity contribution in [2.24, 2.45) is 10.9 Å². The minimum absolute atomic E-state index is 0.172. The summed E-state index contributed by atoms with van der Waals surface area (Å²) in [5, 5.41) is 2.27. The summed E-state index contributed by atoms with van der Waals surface area (Å²) in [5.74, 6) is -1.33. The molecule has 1 atom stereocenters. The molecule has 1 unspecified atom stereocenters. The Bertz CT molecular complexity index is 283. The Balaban J connectivity index is 2.21. The van der Waals surface area contributed by atoms with Crippen LogP contribution >= 0.6 is 0 Å². The lowest BCUT2D eigenvalue weighted by atomic mass is 10.2. The van der Waals surface area contributed by atoms with Gasteiger partial charge in [0.2, 0.25) is 0 Å². The summed E-state index contributed by atoms with van der Waals surface area (Å²) in [6, 6.07) is 0. The SMILES string of the molecule is O=C1N=C(C2CC2)NC(=O)C1F. The van der Waals surface area contributed by atoms with E-state index >= 15 is 0 Å². The number of rotatable bonds is 1. The number of amides is 2. The van der Waals surface area contributed by atoms with E-state index in [1.807, 2.05) is 0 Å². The summed E-state index contributed by atoms with van der Waals surface area (Å²) < 4.78 is 12.6. The van der Waals surface area contributed by atoms with Gasteiger partial charge in [-0.2, -0.15) is 4.99 Å². The third-order valence-corrected chi connectivity index (χ3v) is 1.89. The van der Waals surface area contributed by atoms with E-state index in [0.29, 0.717) is 5.84 Å². The van der Waals surface area contributed by atoms with E-state index in [9.17, 15) is 14.0 Å². The first-order valence-electron chi connectivity index (χ1n) is 3.76. The summed E-state index contributed by atoms with van der Waals surface area (Å²) in [6.45, 7) is 0. The van der Waals surface area contributed by atoms with Crippen molar-refractivity contribution in [2.45, 2.75) is 19.0 Å². The number of hydrogen-bond donors (Lipinski definition) is 1. The zero-order chi connectivity index (χ0) is 8.72. The van der Waals surface area contributed by atoms with Gasteiger partial charge in [-0.25, -0.2) is 4.39 Å². The van der Waals surface area contributed by atoms with Gasteiger partial charge in [-0.3, -0.25) is 9.59 Å². The fourth-order valence-electron chi connectivity index (χ4n) is 1.06. The molecule has 0 saturated heterocycles. The van der Waals surface area contributed by atoms with Crippen molar-refractivity contribution >= 4 is 17.6 Å². The van der Waals surface area contributed by atoms with Crippen LogP contribution in [0, 0.1) is 5.92 Å². The average Bonchev–Trinajstić information content (AvgIpc) is 2.81. The zero-order valence-corrected chi connectivity index (χ0v) is 6.21. The number of amidine groups is 1. The Morgan fingerprint density at radius 3 is 2.58 bits per heavy atom. The standard InChI is InChI=1S/C7H7FN2O2/c8-4-6(11)9-5(3-1-2-3)10-7(4)12/h3-4H,1-2H2,(H,9,10,11,12). The van der Waals surface area contributed by atoms with E-state index in [1.54, 1.807) is 0 Å². The molecule has 2 aliphatic rings. The molecule has 12 heavy (non-hydrogen) atoms. The molecule has 0 radical (unpaired) electrons. The van der Waals surface area contributed by atoms with Gasteiger partial charge >= 0.3 is 0 Å². The first kappa shape index (κ1) is 7.39. The highest BCUT2D eigenvalue weighted by Crippen LogP contribution is 2.30. The number of halogens is 1. The first-order chi connectivity index (χ1) is 5.68. The van der Waals surface area contributed by atoms with Gasteiger partial charge in [-0.1, -0.05) is 0 Å². The molecule has 2 rings (SSSR count). The zero-order valence-electron chi connectivity index (χ0n) is 6.21. The Hall–Kier alpha value is -1.26. The van der Waals surface area contributed by atoms with Crippen LogP contribution in [0.2, 0.25) is 0 Å². The molecule has 1 fully saturated rings. The molecule has 0 aromatic carbocycles. The monoisotopic (exact) mass is 170 g/mol. The number of aliphatic imine (C=N–C) groups is 1. The molecule has 0 spiro atoms. The quantitative estimate of drug-likeness (QED) is 0.553. The lowest BCUT2D eigenvalue weighted by molar-refractivity contribution is -0.134. The Morgan fingerprint density at radius 1 is 1.42 bits per heavy atom. The third-order valence-electron chi connectivity index (χ3n) is 1.89. The van der Waals surface area contributed by atoms with Gasteiger partial charge in [0.15, 0.2) is 0 Å². The Morgan fingerprint density at radius 2 is 2.08 bits per heavy atom. The second-order valence-corrected chi connectivity index (χ2v) is 2.96. The normalized spacial score (nSPS) is 29.8. The first-order valence-corrected chi connectivity index (χ1v) is 3.76. The smallest absolute Gasteiger partial charge is 0.291 e. The van der Waals surface area contributed by atoms with E-state index in [4.69, 9.17) is 0 Å². The van der Waals surface area contributed by atoms with Gasteiger partial charge < -0.3 is 5.32 Å². The minimum atomic E-state index is -2.10. The molecule has 1 aliphatic heterocycles. The molecule has 2 amide bonds. The van der Waals surface area contributed by atoms with Crippen LogP contribution < -0.4 is 5.32 Å². The fraction of sp³-hybridized carbons (Fsp3) is 0.571. The summed E-state index contributed by atoms with van der Waals surface area (Å²) in [6.07, 6.45) is -0.264. The molecule has 5 heteroatoms. The van der Waals surface area contributed by atoms with Crippen molar-refractivity contribution in [1.29, 1.82) is 0 Å². The highest BCUT2D eigenvalue weighted by atomic mass is 19.1. The maximum absolute atomic E-state index is 12.6. The molecule has 0 bridgehead atoms. The van der Waals surface area contributed by atoms with Crippen molar-refractivity contribution in [2.75, 3.05) is 0 Å². The van der Waals surface area contributed by atoms with Crippen molar-refractivity contribution in [3.05, 3.63) is 0 Å². The second kappa shape index (κ2) is 2.36. The summed E-state index contributed by atoms with van der Waals surface area (Å²) in [7, 11) is 0. The van der Waals surface area contributed by atoms with Crippen LogP contribution in [0.3, 0.4) is 0 Å². The largest absolute Gasteiger partial charge is 0.311 e. The molecule has 1 N–H and O–H groups in total. The van der Waals surface area contributed by atoms with Gasteiger partial charge in [0, 0.05) is 5.92 Å². The van der Waals surface area contributed by atoms with E-state index in [0.717, 1.165) is 12.8 Å². The molecule has 1 aliphatic carbocycles. The van der Waals surface area contributed by atoms with Crippen LogP contribution in [0.25, 0.3) is 0 Å². The minimum Gasteiger partial charge on any atom is -0.311 e. The second-order valence-electron chi connectivity index (χ2n) is 2.96. The average molecular weight is 170 g/mol. The van der Waals surface area contributed by atoms with Crippen LogP contribution in [0.4, 0.5) is 4.39 Å². The molecule has 4 nitrogen and oxygen atoms in total. The summed E-state index contributed by atoms with van der Waals surface area (Å²) >= 11 is 0. The van der Waals surface area contributed by atoms with E-state index in [-0.39, 0.29) is 5.92 Å². The molecular weight excluding hydrogens is 163 g/mol. The highest BCUT2D eigenvalue weighted by Gasteiger charge is 2.37. The van der Waals surface area contributed by atoms with Crippen molar-refractivity contribution in [1.82, 2.24) is 5.32 Å². The van der Waals surface area contributed by atoms with Crippen LogP contribution in [0.5, 0.6) is 0 Å². The van der Waals surface area contributed by atoms with Crippen LogP contribution in [-0.2, 0) is 9.59 Å². The summed E-state index contributed by atoms with van der Waals surface area (Å²) in [5.41, 5.74) is 0. The molecule has 0 aromatic heterocycles. The number of carbonyl (C=O) groups excluding carboxylic acids is 2. The Kier molecular flexibility index (Phi) is 1.46. The number of carbonyl (C=O) groups is 2. The van der Waals surface area contributed by atoms with Gasteiger partial charge in [-0.05, 0) is 12.8 Å². The number of nitrogens with zero attached hydrogens (tertiary/aromatic N) is 1. The maximum Gasteiger partial charge on any atom is 0.291 e. The topological polar surface area (TPSA) is 58.5 Å². The van der Waals surface area contributed by atoms with Gasteiger partial charge in [0.1, 0.15) is 5.84 Å². The fourth-order valence-corrected chi connectivity index (χ4v) is 1.06. The maximum atomic E-state index is 12.6. The molecular formula is C7H7FN2O2. The molecule has 0 aromatic rings. The number of nitrogens with one attached hydrogen (secondary N) is 1. The molecule has 64 valence electrons. The Labute approximate surface area is 67.9 Å². The van der Waals surface area contributed by atoms with Gasteiger partial charge in [0.25, 0.3) is 18.0 Å².